The second kappa shape index (κ2) is 9.94. The molecule has 0 unspecified atom stereocenters. The lowest BCUT2D eigenvalue weighted by Crippen LogP contribution is -2.35. The Kier molecular flexibility index (Phi) is 7.02. The number of fused-ring (bicyclic) bond motifs is 1. The number of furan rings is 1. The lowest BCUT2D eigenvalue weighted by molar-refractivity contribution is 0.0992. The third-order valence-electron chi connectivity index (χ3n) is 5.63. The smallest absolute Gasteiger partial charge is 0.291 e. The average molecular weight is 473 g/mol. The Labute approximate surface area is 193 Å². The Bertz CT molecular complexity index is 1250. The number of sulfonamides is 1. The molecule has 33 heavy (non-hydrogen) atoms. The SMILES string of the molecule is CCOc1ccc(NC(=O)c2oc3ccccc3c2COC)cc1S(=O)(=O)N1CCCCC1. The van der Waals surface area contributed by atoms with Crippen molar-refractivity contribution in [2.75, 3.05) is 32.1 Å². The summed E-state index contributed by atoms with van der Waals surface area (Å²) in [4.78, 5) is 13.1. The Hall–Kier alpha value is -2.88. The largest absolute Gasteiger partial charge is 0.492 e. The van der Waals surface area contributed by atoms with Crippen LogP contribution in [0.4, 0.5) is 5.69 Å². The molecule has 0 aliphatic carbocycles. The summed E-state index contributed by atoms with van der Waals surface area (Å²) in [6.45, 7) is 3.28. The monoisotopic (exact) mass is 472 g/mol. The number of nitrogens with one attached hydrogen (secondary N) is 1. The fourth-order valence-electron chi connectivity index (χ4n) is 4.06. The third-order valence-corrected chi connectivity index (χ3v) is 7.55. The molecule has 1 N–H and O–H groups in total. The standard InChI is InChI=1S/C24H28N2O6S/c1-3-31-21-12-11-17(15-22(21)33(28,29)26-13-7-4-8-14-26)25-24(27)23-19(16-30-2)18-9-5-6-10-20(18)32-23/h5-6,9-12,15H,3-4,7-8,13-14,16H2,1-2H3,(H,25,27). The molecule has 0 radical (unpaired) electrons. The van der Waals surface area contributed by atoms with Crippen LogP contribution in [0.15, 0.2) is 51.8 Å². The number of benzene rings is 2. The summed E-state index contributed by atoms with van der Waals surface area (Å²) in [7, 11) is -2.21. The molecule has 0 spiro atoms. The number of hydrogen-bond donors (Lipinski definition) is 1. The molecule has 8 nitrogen and oxygen atoms in total. The molecule has 1 aromatic heterocycles. The summed E-state index contributed by atoms with van der Waals surface area (Å²) in [5.41, 5.74) is 1.55. The molecular weight excluding hydrogens is 444 g/mol. The summed E-state index contributed by atoms with van der Waals surface area (Å²) in [6, 6.07) is 12.0. The minimum Gasteiger partial charge on any atom is -0.492 e. The van der Waals surface area contributed by atoms with E-state index in [4.69, 9.17) is 13.9 Å². The van der Waals surface area contributed by atoms with Gasteiger partial charge in [0, 0.05) is 36.8 Å². The van der Waals surface area contributed by atoms with Crippen molar-refractivity contribution in [2.24, 2.45) is 0 Å². The number of rotatable bonds is 8. The summed E-state index contributed by atoms with van der Waals surface area (Å²) in [5.74, 6) is -0.0824. The summed E-state index contributed by atoms with van der Waals surface area (Å²) < 4.78 is 44.8. The van der Waals surface area contributed by atoms with Gasteiger partial charge >= 0.3 is 0 Å². The van der Waals surface area contributed by atoms with Crippen molar-refractivity contribution >= 4 is 32.6 Å². The van der Waals surface area contributed by atoms with E-state index in [0.717, 1.165) is 24.6 Å². The third kappa shape index (κ3) is 4.75. The maximum Gasteiger partial charge on any atom is 0.291 e. The number of nitrogens with zero attached hydrogens (tertiary/aromatic N) is 1. The quantitative estimate of drug-likeness (QED) is 0.522. The summed E-state index contributed by atoms with van der Waals surface area (Å²) in [5, 5.41) is 3.57. The maximum absolute atomic E-state index is 13.3. The number of carbonyl (C=O) groups is 1. The van der Waals surface area contributed by atoms with Gasteiger partial charge in [0.2, 0.25) is 10.0 Å². The van der Waals surface area contributed by atoms with Crippen LogP contribution >= 0.6 is 0 Å². The van der Waals surface area contributed by atoms with Crippen molar-refractivity contribution in [1.82, 2.24) is 4.31 Å². The van der Waals surface area contributed by atoms with E-state index in [-0.39, 0.29) is 23.0 Å². The van der Waals surface area contributed by atoms with Crippen molar-refractivity contribution in [3.05, 3.63) is 53.8 Å². The van der Waals surface area contributed by atoms with E-state index in [0.29, 0.717) is 36.5 Å². The van der Waals surface area contributed by atoms with Crippen LogP contribution in [0, 0.1) is 0 Å². The van der Waals surface area contributed by atoms with E-state index in [2.05, 4.69) is 5.32 Å². The zero-order valence-corrected chi connectivity index (χ0v) is 19.6. The number of amides is 1. The Morgan fingerprint density at radius 3 is 2.61 bits per heavy atom. The molecule has 0 atom stereocenters. The average Bonchev–Trinajstić information content (AvgIpc) is 3.20. The Morgan fingerprint density at radius 1 is 1.12 bits per heavy atom. The van der Waals surface area contributed by atoms with E-state index in [1.807, 2.05) is 18.2 Å². The van der Waals surface area contributed by atoms with Crippen molar-refractivity contribution in [3.8, 4) is 5.75 Å². The number of ether oxygens (including phenoxy) is 2. The molecule has 2 aromatic carbocycles. The lowest BCUT2D eigenvalue weighted by atomic mass is 10.1. The van der Waals surface area contributed by atoms with Gasteiger partial charge in [0.25, 0.3) is 5.91 Å². The molecule has 1 amide bonds. The van der Waals surface area contributed by atoms with Gasteiger partial charge in [-0.15, -0.1) is 0 Å². The van der Waals surface area contributed by atoms with E-state index in [1.54, 1.807) is 32.2 Å². The Morgan fingerprint density at radius 2 is 1.88 bits per heavy atom. The number of hydrogen-bond acceptors (Lipinski definition) is 6. The number of piperidine rings is 1. The molecule has 0 saturated carbocycles. The van der Waals surface area contributed by atoms with Crippen LogP contribution in [-0.2, 0) is 21.4 Å². The van der Waals surface area contributed by atoms with Crippen LogP contribution in [0.25, 0.3) is 11.0 Å². The van der Waals surface area contributed by atoms with Gasteiger partial charge in [-0.1, -0.05) is 24.6 Å². The number of carbonyl (C=O) groups excluding carboxylic acids is 1. The molecule has 9 heteroatoms. The molecule has 1 saturated heterocycles. The van der Waals surface area contributed by atoms with Gasteiger partial charge in [0.1, 0.15) is 16.2 Å². The van der Waals surface area contributed by atoms with Crippen LogP contribution in [0.1, 0.15) is 42.3 Å². The van der Waals surface area contributed by atoms with Gasteiger partial charge < -0.3 is 19.2 Å². The molecule has 1 aliphatic rings. The molecule has 1 aliphatic heterocycles. The van der Waals surface area contributed by atoms with Crippen LogP contribution in [-0.4, -0.2) is 45.4 Å². The molecule has 3 aromatic rings. The van der Waals surface area contributed by atoms with Gasteiger partial charge in [0.05, 0.1) is 13.2 Å². The first-order valence-electron chi connectivity index (χ1n) is 11.0. The molecule has 2 heterocycles. The number of anilines is 1. The van der Waals surface area contributed by atoms with Gasteiger partial charge in [0.15, 0.2) is 5.76 Å². The predicted octanol–water partition coefficient (Wildman–Crippen LogP) is 4.40. The molecule has 176 valence electrons. The lowest BCUT2D eigenvalue weighted by Gasteiger charge is -2.27. The van der Waals surface area contributed by atoms with Crippen molar-refractivity contribution in [3.63, 3.8) is 0 Å². The van der Waals surface area contributed by atoms with E-state index >= 15 is 0 Å². The molecule has 1 fully saturated rings. The minimum atomic E-state index is -3.76. The highest BCUT2D eigenvalue weighted by Gasteiger charge is 2.30. The van der Waals surface area contributed by atoms with Gasteiger partial charge in [-0.05, 0) is 44.0 Å². The van der Waals surface area contributed by atoms with Crippen molar-refractivity contribution < 1.29 is 27.1 Å². The normalized spacial score (nSPS) is 15.0. The van der Waals surface area contributed by atoms with Gasteiger partial charge in [-0.25, -0.2) is 8.42 Å². The van der Waals surface area contributed by atoms with Gasteiger partial charge in [-0.2, -0.15) is 4.31 Å². The summed E-state index contributed by atoms with van der Waals surface area (Å²) in [6.07, 6.45) is 2.67. The molecular formula is C24H28N2O6S. The zero-order valence-electron chi connectivity index (χ0n) is 18.8. The molecule has 0 bridgehead atoms. The highest BCUT2D eigenvalue weighted by molar-refractivity contribution is 7.89. The number of methoxy groups -OCH3 is 1. The van der Waals surface area contributed by atoms with E-state index in [1.165, 1.54) is 10.4 Å². The van der Waals surface area contributed by atoms with Crippen LogP contribution in [0.3, 0.4) is 0 Å². The highest BCUT2D eigenvalue weighted by Crippen LogP contribution is 2.32. The first kappa shape index (κ1) is 23.3. The number of para-hydroxylation sites is 1. The van der Waals surface area contributed by atoms with E-state index < -0.39 is 15.9 Å². The van der Waals surface area contributed by atoms with Crippen LogP contribution < -0.4 is 10.1 Å². The minimum absolute atomic E-state index is 0.0470. The molecule has 4 rings (SSSR count). The van der Waals surface area contributed by atoms with Crippen molar-refractivity contribution in [1.29, 1.82) is 0 Å². The fraction of sp³-hybridized carbons (Fsp3) is 0.375. The van der Waals surface area contributed by atoms with E-state index in [9.17, 15) is 13.2 Å². The Balaban J connectivity index is 1.68. The maximum atomic E-state index is 13.3. The first-order chi connectivity index (χ1) is 16.0. The van der Waals surface area contributed by atoms with Crippen molar-refractivity contribution in [2.45, 2.75) is 37.7 Å². The predicted molar refractivity (Wildman–Crippen MR) is 125 cm³/mol. The topological polar surface area (TPSA) is 98.1 Å². The second-order valence-electron chi connectivity index (χ2n) is 7.85. The van der Waals surface area contributed by atoms with Crippen LogP contribution in [0.5, 0.6) is 5.75 Å². The van der Waals surface area contributed by atoms with Gasteiger partial charge in [-0.3, -0.25) is 4.79 Å². The zero-order chi connectivity index (χ0) is 23.4. The highest BCUT2D eigenvalue weighted by atomic mass is 32.2. The first-order valence-corrected chi connectivity index (χ1v) is 12.5. The van der Waals surface area contributed by atoms with Crippen LogP contribution in [0.2, 0.25) is 0 Å². The summed E-state index contributed by atoms with van der Waals surface area (Å²) >= 11 is 0. The fourth-order valence-corrected chi connectivity index (χ4v) is 5.74. The second-order valence-corrected chi connectivity index (χ2v) is 9.76.